The molecule has 3 aliphatic carbocycles. The van der Waals surface area contributed by atoms with E-state index in [-0.39, 0.29) is 0 Å². The Morgan fingerprint density at radius 2 is 1.47 bits per heavy atom. The molecule has 0 amide bonds. The molecule has 3 heteroatoms. The van der Waals surface area contributed by atoms with Crippen molar-refractivity contribution in [2.75, 3.05) is 0 Å². The summed E-state index contributed by atoms with van der Waals surface area (Å²) in [6, 6.07) is 0. The van der Waals surface area contributed by atoms with Crippen LogP contribution in [0.3, 0.4) is 0 Å². The van der Waals surface area contributed by atoms with Gasteiger partial charge in [-0.3, -0.25) is 9.59 Å². The lowest BCUT2D eigenvalue weighted by Gasteiger charge is -2.31. The molecule has 3 aliphatic rings. The molecule has 0 radical (unpaired) electrons. The first-order chi connectivity index (χ1) is 7.35. The lowest BCUT2D eigenvalue weighted by molar-refractivity contribution is 0.111. The smallest absolute Gasteiger partial charge is 0.166 e. The summed E-state index contributed by atoms with van der Waals surface area (Å²) in [5.41, 5.74) is 3.30. The lowest BCUT2D eigenvalue weighted by Crippen LogP contribution is -2.17. The molecule has 0 fully saturated rings. The largest absolute Gasteiger partial charge is 0.350 e. The van der Waals surface area contributed by atoms with E-state index in [4.69, 9.17) is 0 Å². The average Bonchev–Trinajstić information content (AvgIpc) is 2.71. The highest BCUT2D eigenvalue weighted by molar-refractivity contribution is 5.85. The number of aromatic nitrogens is 1. The summed E-state index contributed by atoms with van der Waals surface area (Å²) in [4.78, 5) is 24.7. The third kappa shape index (κ3) is 1.00. The Bertz CT molecular complexity index is 430. The van der Waals surface area contributed by atoms with Crippen LogP contribution in [-0.4, -0.2) is 17.6 Å². The van der Waals surface area contributed by atoms with Gasteiger partial charge in [-0.1, -0.05) is 12.2 Å². The van der Waals surface area contributed by atoms with Crippen molar-refractivity contribution in [3.8, 4) is 0 Å². The monoisotopic (exact) mass is 201 g/mol. The molecule has 0 spiro atoms. The number of nitrogens with one attached hydrogen (secondary N) is 1. The molecule has 0 saturated carbocycles. The second-order valence-electron chi connectivity index (χ2n) is 4.19. The minimum absolute atomic E-state index is 0.329. The summed E-state index contributed by atoms with van der Waals surface area (Å²) in [7, 11) is 0. The Morgan fingerprint density at radius 3 is 1.80 bits per heavy atom. The average molecular weight is 201 g/mol. The summed E-state index contributed by atoms with van der Waals surface area (Å²) in [5, 5.41) is 0. The van der Waals surface area contributed by atoms with Crippen LogP contribution in [-0.2, 0) is 0 Å². The van der Waals surface area contributed by atoms with Gasteiger partial charge in [0.05, 0.1) is 11.4 Å². The molecule has 4 rings (SSSR count). The van der Waals surface area contributed by atoms with E-state index >= 15 is 0 Å². The molecule has 1 heterocycles. The molecule has 15 heavy (non-hydrogen) atoms. The van der Waals surface area contributed by atoms with Crippen LogP contribution in [0.2, 0.25) is 0 Å². The normalized spacial score (nSPS) is 26.4. The fourth-order valence-corrected chi connectivity index (χ4v) is 2.86. The number of aromatic amines is 1. The standard InChI is InChI=1S/C12H11NO2/c14-5-9-11-7-1-2-8(4-3-7)12(11)10(6-15)13-9/h1-2,5-8,13H,3-4H2. The van der Waals surface area contributed by atoms with Crippen molar-refractivity contribution < 1.29 is 9.59 Å². The zero-order chi connectivity index (χ0) is 10.4. The Balaban J connectivity index is 2.29. The second-order valence-corrected chi connectivity index (χ2v) is 4.19. The minimum atomic E-state index is 0.329. The molecule has 1 aromatic heterocycles. The van der Waals surface area contributed by atoms with Crippen molar-refractivity contribution in [2.24, 2.45) is 0 Å². The van der Waals surface area contributed by atoms with Crippen LogP contribution >= 0.6 is 0 Å². The molecular formula is C12H11NO2. The molecule has 76 valence electrons. The first-order valence-corrected chi connectivity index (χ1v) is 5.19. The molecule has 2 bridgehead atoms. The zero-order valence-corrected chi connectivity index (χ0v) is 8.19. The number of hydrogen-bond donors (Lipinski definition) is 1. The summed E-state index contributed by atoms with van der Waals surface area (Å²) in [5.74, 6) is 0.658. The molecule has 1 aromatic rings. The van der Waals surface area contributed by atoms with Crippen molar-refractivity contribution in [3.05, 3.63) is 34.7 Å². The molecule has 0 saturated heterocycles. The van der Waals surface area contributed by atoms with E-state index in [1.165, 1.54) is 0 Å². The second kappa shape index (κ2) is 2.92. The van der Waals surface area contributed by atoms with Gasteiger partial charge >= 0.3 is 0 Å². The number of fused-ring (bicyclic) bond motifs is 1. The lowest BCUT2D eigenvalue weighted by atomic mass is 9.72. The summed E-state index contributed by atoms with van der Waals surface area (Å²) < 4.78 is 0. The van der Waals surface area contributed by atoms with Gasteiger partial charge in [-0.05, 0) is 24.0 Å². The van der Waals surface area contributed by atoms with Gasteiger partial charge in [-0.2, -0.15) is 0 Å². The van der Waals surface area contributed by atoms with Crippen molar-refractivity contribution in [2.45, 2.75) is 24.7 Å². The molecule has 1 N–H and O–H groups in total. The van der Waals surface area contributed by atoms with E-state index in [9.17, 15) is 9.59 Å². The zero-order valence-electron chi connectivity index (χ0n) is 8.19. The number of carbonyl (C=O) groups is 2. The SMILES string of the molecule is O=Cc1[nH]c(C=O)c2c1C1C=CC2CC1. The van der Waals surface area contributed by atoms with Crippen LogP contribution < -0.4 is 0 Å². The van der Waals surface area contributed by atoms with Crippen LogP contribution in [0, 0.1) is 0 Å². The summed E-state index contributed by atoms with van der Waals surface area (Å²) in [6.07, 6.45) is 8.13. The maximum atomic E-state index is 10.9. The van der Waals surface area contributed by atoms with Crippen LogP contribution in [0.25, 0.3) is 0 Å². The predicted molar refractivity (Wildman–Crippen MR) is 55.4 cm³/mol. The van der Waals surface area contributed by atoms with E-state index in [1.807, 2.05) is 0 Å². The van der Waals surface area contributed by atoms with Gasteiger partial charge in [0.1, 0.15) is 0 Å². The summed E-state index contributed by atoms with van der Waals surface area (Å²) >= 11 is 0. The Labute approximate surface area is 87.2 Å². The van der Waals surface area contributed by atoms with Crippen molar-refractivity contribution in [3.63, 3.8) is 0 Å². The fraction of sp³-hybridized carbons (Fsp3) is 0.333. The first kappa shape index (κ1) is 8.65. The van der Waals surface area contributed by atoms with E-state index in [2.05, 4.69) is 17.1 Å². The van der Waals surface area contributed by atoms with E-state index < -0.39 is 0 Å². The van der Waals surface area contributed by atoms with Gasteiger partial charge in [-0.25, -0.2) is 0 Å². The fourth-order valence-electron chi connectivity index (χ4n) is 2.86. The van der Waals surface area contributed by atoms with Gasteiger partial charge in [0.2, 0.25) is 0 Å². The molecular weight excluding hydrogens is 190 g/mol. The molecule has 0 aromatic carbocycles. The predicted octanol–water partition coefficient (Wildman–Crippen LogP) is 2.17. The number of hydrogen-bond acceptors (Lipinski definition) is 2. The first-order valence-electron chi connectivity index (χ1n) is 5.19. The van der Waals surface area contributed by atoms with Crippen LogP contribution in [0.15, 0.2) is 12.2 Å². The highest BCUT2D eigenvalue weighted by Gasteiger charge is 2.34. The third-order valence-electron chi connectivity index (χ3n) is 3.48. The molecule has 3 nitrogen and oxygen atoms in total. The van der Waals surface area contributed by atoms with Crippen molar-refractivity contribution in [1.82, 2.24) is 4.98 Å². The van der Waals surface area contributed by atoms with Gasteiger partial charge in [0, 0.05) is 11.8 Å². The minimum Gasteiger partial charge on any atom is -0.350 e. The van der Waals surface area contributed by atoms with E-state index in [0.717, 1.165) is 36.5 Å². The highest BCUT2D eigenvalue weighted by Crippen LogP contribution is 2.47. The molecule has 2 atom stereocenters. The van der Waals surface area contributed by atoms with Crippen LogP contribution in [0.5, 0.6) is 0 Å². The molecule has 0 aliphatic heterocycles. The van der Waals surface area contributed by atoms with Crippen molar-refractivity contribution in [1.29, 1.82) is 0 Å². The van der Waals surface area contributed by atoms with Gasteiger partial charge in [0.15, 0.2) is 12.6 Å². The number of allylic oxidation sites excluding steroid dienone is 2. The topological polar surface area (TPSA) is 49.9 Å². The Hall–Kier alpha value is -1.64. The number of carbonyl (C=O) groups excluding carboxylic acids is 2. The van der Waals surface area contributed by atoms with Gasteiger partial charge < -0.3 is 4.98 Å². The van der Waals surface area contributed by atoms with Crippen LogP contribution in [0.4, 0.5) is 0 Å². The molecule has 2 unspecified atom stereocenters. The highest BCUT2D eigenvalue weighted by atomic mass is 16.1. The van der Waals surface area contributed by atoms with E-state index in [0.29, 0.717) is 23.2 Å². The van der Waals surface area contributed by atoms with Gasteiger partial charge in [-0.15, -0.1) is 0 Å². The maximum absolute atomic E-state index is 10.9. The quantitative estimate of drug-likeness (QED) is 0.589. The van der Waals surface area contributed by atoms with Crippen molar-refractivity contribution >= 4 is 12.6 Å². The third-order valence-corrected chi connectivity index (χ3v) is 3.48. The van der Waals surface area contributed by atoms with E-state index in [1.54, 1.807) is 0 Å². The Kier molecular flexibility index (Phi) is 1.69. The maximum Gasteiger partial charge on any atom is 0.166 e. The van der Waals surface area contributed by atoms with Crippen LogP contribution in [0.1, 0.15) is 56.8 Å². The number of rotatable bonds is 2. The van der Waals surface area contributed by atoms with Gasteiger partial charge in [0.25, 0.3) is 0 Å². The number of aldehydes is 2. The number of H-pyrrole nitrogens is 1. The summed E-state index contributed by atoms with van der Waals surface area (Å²) in [6.45, 7) is 0. The Morgan fingerprint density at radius 1 is 1.00 bits per heavy atom.